The Bertz CT molecular complexity index is 237. The lowest BCUT2D eigenvalue weighted by atomic mass is 10.2. The van der Waals surface area contributed by atoms with Gasteiger partial charge >= 0.3 is 0 Å². The van der Waals surface area contributed by atoms with Crippen molar-refractivity contribution in [3.8, 4) is 0 Å². The third-order valence-electron chi connectivity index (χ3n) is 1.25. The Hall–Kier alpha value is -0.0800. The van der Waals surface area contributed by atoms with Crippen LogP contribution < -0.4 is 0 Å². The first-order valence-electron chi connectivity index (χ1n) is 2.72. The molecule has 0 nitrogen and oxygen atoms in total. The molecule has 0 bridgehead atoms. The molecule has 0 unspecified atom stereocenters. The molecule has 0 saturated heterocycles. The first-order valence-corrected chi connectivity index (χ1v) is 3.89. The van der Waals surface area contributed by atoms with Crippen LogP contribution in [0.15, 0.2) is 16.6 Å². The van der Waals surface area contributed by atoms with Gasteiger partial charge in [-0.1, -0.05) is 27.5 Å². The van der Waals surface area contributed by atoms with Crippen LogP contribution in [0, 0.1) is 12.7 Å². The van der Waals surface area contributed by atoms with Crippen LogP contribution in [0.4, 0.5) is 4.39 Å². The van der Waals surface area contributed by atoms with Gasteiger partial charge < -0.3 is 0 Å². The number of benzene rings is 1. The molecule has 0 atom stereocenters. The Morgan fingerprint density at radius 3 is 2.60 bits per heavy atom. The minimum atomic E-state index is -0.278. The van der Waals surface area contributed by atoms with Crippen LogP contribution in [-0.4, -0.2) is 0 Å². The van der Waals surface area contributed by atoms with Crippen molar-refractivity contribution < 1.29 is 4.39 Å². The van der Waals surface area contributed by atoms with E-state index in [9.17, 15) is 4.39 Å². The van der Waals surface area contributed by atoms with Crippen molar-refractivity contribution in [3.63, 3.8) is 0 Å². The number of rotatable bonds is 0. The standard InChI is InChI=1S/C7H5BrClF/c1-4-6(9)2-5(8)3-7(4)10/h2-3H,1H3. The van der Waals surface area contributed by atoms with Gasteiger partial charge in [-0.15, -0.1) is 0 Å². The molecule has 1 rings (SSSR count). The topological polar surface area (TPSA) is 0 Å². The lowest BCUT2D eigenvalue weighted by Crippen LogP contribution is -1.82. The maximum Gasteiger partial charge on any atom is 0.128 e. The van der Waals surface area contributed by atoms with Crippen LogP contribution in [0.2, 0.25) is 5.02 Å². The molecule has 1 aromatic rings. The maximum atomic E-state index is 12.7. The van der Waals surface area contributed by atoms with Crippen molar-refractivity contribution in [1.82, 2.24) is 0 Å². The van der Waals surface area contributed by atoms with Crippen molar-refractivity contribution in [2.24, 2.45) is 0 Å². The number of hydrogen-bond acceptors (Lipinski definition) is 0. The fraction of sp³-hybridized carbons (Fsp3) is 0.143. The Kier molecular flexibility index (Phi) is 2.32. The van der Waals surface area contributed by atoms with Crippen LogP contribution in [0.25, 0.3) is 0 Å². The fourth-order valence-electron chi connectivity index (χ4n) is 0.614. The molecule has 0 aliphatic carbocycles. The first kappa shape index (κ1) is 8.02. The molecule has 0 amide bonds. The zero-order chi connectivity index (χ0) is 7.72. The van der Waals surface area contributed by atoms with E-state index in [1.807, 2.05) is 0 Å². The number of halogens is 3. The lowest BCUT2D eigenvalue weighted by Gasteiger charge is -1.98. The average Bonchev–Trinajstić information content (AvgIpc) is 1.82. The Balaban J connectivity index is 3.31. The van der Waals surface area contributed by atoms with E-state index in [1.54, 1.807) is 13.0 Å². The molecule has 0 aliphatic rings. The van der Waals surface area contributed by atoms with Gasteiger partial charge in [0.25, 0.3) is 0 Å². The zero-order valence-electron chi connectivity index (χ0n) is 5.29. The van der Waals surface area contributed by atoms with Crippen LogP contribution in [0.1, 0.15) is 5.56 Å². The molecule has 0 aliphatic heterocycles. The summed E-state index contributed by atoms with van der Waals surface area (Å²) >= 11 is 8.77. The molecule has 0 saturated carbocycles. The van der Waals surface area contributed by atoms with Gasteiger partial charge in [-0.3, -0.25) is 0 Å². The normalized spacial score (nSPS) is 10.0. The summed E-state index contributed by atoms with van der Waals surface area (Å²) in [7, 11) is 0. The van der Waals surface area contributed by atoms with E-state index < -0.39 is 0 Å². The Morgan fingerprint density at radius 2 is 2.10 bits per heavy atom. The summed E-state index contributed by atoms with van der Waals surface area (Å²) in [6.45, 7) is 1.64. The summed E-state index contributed by atoms with van der Waals surface area (Å²) in [6.07, 6.45) is 0. The van der Waals surface area contributed by atoms with Gasteiger partial charge in [0.1, 0.15) is 5.82 Å². The minimum Gasteiger partial charge on any atom is -0.207 e. The summed E-state index contributed by atoms with van der Waals surface area (Å²) in [4.78, 5) is 0. The summed E-state index contributed by atoms with van der Waals surface area (Å²) in [5.74, 6) is -0.278. The number of hydrogen-bond donors (Lipinski definition) is 0. The molecule has 1 aromatic carbocycles. The van der Waals surface area contributed by atoms with E-state index >= 15 is 0 Å². The quantitative estimate of drug-likeness (QED) is 0.631. The molecule has 3 heteroatoms. The highest BCUT2D eigenvalue weighted by Gasteiger charge is 2.02. The molecule has 0 N–H and O–H groups in total. The van der Waals surface area contributed by atoms with Gasteiger partial charge in [0, 0.05) is 15.1 Å². The van der Waals surface area contributed by atoms with E-state index in [0.717, 1.165) is 0 Å². The van der Waals surface area contributed by atoms with E-state index in [1.165, 1.54) is 6.07 Å². The van der Waals surface area contributed by atoms with Crippen LogP contribution >= 0.6 is 27.5 Å². The predicted octanol–water partition coefficient (Wildman–Crippen LogP) is 3.55. The summed E-state index contributed by atoms with van der Waals surface area (Å²) < 4.78 is 13.4. The Morgan fingerprint density at radius 1 is 1.50 bits per heavy atom. The van der Waals surface area contributed by atoms with Gasteiger partial charge in [-0.2, -0.15) is 0 Å². The second-order valence-electron chi connectivity index (χ2n) is 1.99. The van der Waals surface area contributed by atoms with Gasteiger partial charge in [0.05, 0.1) is 0 Å². The third-order valence-corrected chi connectivity index (χ3v) is 2.10. The largest absolute Gasteiger partial charge is 0.207 e. The molecule has 0 aromatic heterocycles. The van der Waals surface area contributed by atoms with Gasteiger partial charge in [-0.05, 0) is 19.1 Å². The second-order valence-corrected chi connectivity index (χ2v) is 3.32. The molecule has 0 spiro atoms. The third kappa shape index (κ3) is 1.50. The molecular weight excluding hydrogens is 218 g/mol. The van der Waals surface area contributed by atoms with E-state index in [2.05, 4.69) is 15.9 Å². The molecule has 0 heterocycles. The molecule has 0 fully saturated rings. The van der Waals surface area contributed by atoms with Gasteiger partial charge in [0.2, 0.25) is 0 Å². The average molecular weight is 223 g/mol. The molecule has 54 valence electrons. The fourth-order valence-corrected chi connectivity index (χ4v) is 1.38. The summed E-state index contributed by atoms with van der Waals surface area (Å²) in [5.41, 5.74) is 0.491. The van der Waals surface area contributed by atoms with Crippen molar-refractivity contribution in [2.45, 2.75) is 6.92 Å². The second kappa shape index (κ2) is 2.89. The van der Waals surface area contributed by atoms with Crippen LogP contribution in [0.3, 0.4) is 0 Å². The molecule has 0 radical (unpaired) electrons. The van der Waals surface area contributed by atoms with E-state index in [-0.39, 0.29) is 5.82 Å². The zero-order valence-corrected chi connectivity index (χ0v) is 7.63. The minimum absolute atomic E-state index is 0.278. The highest BCUT2D eigenvalue weighted by Crippen LogP contribution is 2.23. The maximum absolute atomic E-state index is 12.7. The van der Waals surface area contributed by atoms with Gasteiger partial charge in [-0.25, -0.2) is 4.39 Å². The van der Waals surface area contributed by atoms with Crippen molar-refractivity contribution >= 4 is 27.5 Å². The van der Waals surface area contributed by atoms with E-state index in [4.69, 9.17) is 11.6 Å². The SMILES string of the molecule is Cc1c(F)cc(Br)cc1Cl. The van der Waals surface area contributed by atoms with Crippen molar-refractivity contribution in [3.05, 3.63) is 33.0 Å². The van der Waals surface area contributed by atoms with Crippen molar-refractivity contribution in [1.29, 1.82) is 0 Å². The van der Waals surface area contributed by atoms with Crippen molar-refractivity contribution in [2.75, 3.05) is 0 Å². The highest BCUT2D eigenvalue weighted by molar-refractivity contribution is 9.10. The smallest absolute Gasteiger partial charge is 0.128 e. The highest BCUT2D eigenvalue weighted by atomic mass is 79.9. The Labute approximate surface area is 72.1 Å². The predicted molar refractivity (Wildman–Crippen MR) is 43.8 cm³/mol. The van der Waals surface area contributed by atoms with Crippen LogP contribution in [0.5, 0.6) is 0 Å². The molecular formula is C7H5BrClF. The van der Waals surface area contributed by atoms with Crippen LogP contribution in [-0.2, 0) is 0 Å². The van der Waals surface area contributed by atoms with Gasteiger partial charge in [0.15, 0.2) is 0 Å². The first-order chi connectivity index (χ1) is 4.61. The summed E-state index contributed by atoms with van der Waals surface area (Å²) in [6, 6.07) is 3.06. The monoisotopic (exact) mass is 222 g/mol. The van der Waals surface area contributed by atoms with E-state index in [0.29, 0.717) is 15.1 Å². The lowest BCUT2D eigenvalue weighted by molar-refractivity contribution is 0.618. The molecule has 10 heavy (non-hydrogen) atoms. The summed E-state index contributed by atoms with van der Waals surface area (Å²) in [5, 5.41) is 0.451.